The number of hydrogen-bond donors (Lipinski definition) is 4. The summed E-state index contributed by atoms with van der Waals surface area (Å²) in [7, 11) is 0. The number of carbonyl (C=O) groups excluding carboxylic acids is 8. The maximum Gasteiger partial charge on any atom is 0.225 e. The van der Waals surface area contributed by atoms with Crippen LogP contribution in [0.15, 0.2) is 142 Å². The van der Waals surface area contributed by atoms with Crippen LogP contribution in [0.3, 0.4) is 0 Å². The smallest absolute Gasteiger partial charge is 0.225 e. The first-order chi connectivity index (χ1) is 57.6. The van der Waals surface area contributed by atoms with Crippen LogP contribution >= 0.6 is 47.0 Å². The molecule has 6 aromatic heterocycles. The van der Waals surface area contributed by atoms with Crippen LogP contribution in [0.2, 0.25) is 0 Å². The number of thioether (sulfide) groups is 4. The van der Waals surface area contributed by atoms with Gasteiger partial charge >= 0.3 is 0 Å². The third-order valence-corrected chi connectivity index (χ3v) is 25.8. The molecule has 0 saturated carbocycles. The Hall–Kier alpha value is -9.96. The zero-order valence-corrected chi connectivity index (χ0v) is 69.4. The van der Waals surface area contributed by atoms with Crippen molar-refractivity contribution in [3.05, 3.63) is 170 Å². The van der Waals surface area contributed by atoms with Gasteiger partial charge < -0.3 is 50.5 Å². The molecule has 16 heterocycles. The second kappa shape index (κ2) is 42.6. The summed E-state index contributed by atoms with van der Waals surface area (Å²) >= 11 is 4.03. The van der Waals surface area contributed by atoms with E-state index >= 15 is 0 Å². The largest absolute Gasteiger partial charge is 0.385 e. The fourth-order valence-corrected chi connectivity index (χ4v) is 18.9. The van der Waals surface area contributed by atoms with E-state index in [1.807, 2.05) is 36.5 Å². The lowest BCUT2D eigenvalue weighted by Gasteiger charge is -2.36. The standard InChI is InChI=1S/C25H29N5O3S.C21H28N4O2S.2C20H21N5O2S/c31-22-16-24(32)34-23(22)15-20-5-8-26-25(28-20)30-9-6-18(7-10-30)17-27-19-1-3-21(4-2-19)29-11-13-33-14-12-29;26-18-11-21(27)28-19(18)10-17-5-7-23-20(24-17)9-15-4-2-8-25(13-15)14-16-3-1-6-22-12-16;26-17-11-19(27)28-18(17)10-15-3-7-22-20(24-15)25-8-4-14(5-9-25)12-23-16-2-1-6-21-13-16;26-16-12-19(27)28-17(16)11-15-4-8-22-20(24-15)25-9-5-14(6-10-25)13-23-18-3-1-2-7-21-18/h1-5,8,15,18,27H,6-7,9-14,16-17H2;5,7,10,15-16,22H,1-4,6,8-9,11-14H2;1-3,6-7,10,13-14,23H,4-5,8-9,11-12H2;1-4,7-8,11,14H,5-6,9-10,12-13H2,(H,21,23)/b23-15-;19-10-;18-10-;17-11-/t;15-,16?;;/m.1../s1. The number of piperidine rings is 5. The summed E-state index contributed by atoms with van der Waals surface area (Å²) in [6.07, 6.45) is 31.4. The van der Waals surface area contributed by atoms with E-state index in [1.54, 1.807) is 85.8 Å². The number of nitrogens with one attached hydrogen (secondary N) is 4. The topological polar surface area (TPSA) is 339 Å². The van der Waals surface area contributed by atoms with Crippen molar-refractivity contribution >= 4 is 156 Å². The summed E-state index contributed by atoms with van der Waals surface area (Å²) in [6, 6.07) is 25.6. The molecule has 4 N–H and O–H groups in total. The molecule has 0 radical (unpaired) electrons. The maximum absolute atomic E-state index is 11.9. The average Bonchev–Trinajstić information content (AvgIpc) is 1.81. The Kier molecular flexibility index (Phi) is 30.5. The van der Waals surface area contributed by atoms with Gasteiger partial charge in [0, 0.05) is 146 Å². The number of pyridine rings is 2. The molecule has 10 fully saturated rings. The molecule has 118 heavy (non-hydrogen) atoms. The fourth-order valence-electron chi connectivity index (χ4n) is 15.6. The number of carbonyl (C=O) groups is 8. The molecule has 0 aliphatic carbocycles. The molecule has 0 amide bonds. The van der Waals surface area contributed by atoms with E-state index in [1.165, 1.54) is 51.0 Å². The number of ketones is 4. The molecule has 0 spiro atoms. The molecule has 32 heteroatoms. The van der Waals surface area contributed by atoms with Crippen molar-refractivity contribution in [3.8, 4) is 0 Å². The molecule has 10 saturated heterocycles. The number of aromatic nitrogens is 10. The zero-order chi connectivity index (χ0) is 81.4. The minimum atomic E-state index is -0.128. The van der Waals surface area contributed by atoms with Crippen LogP contribution in [0.4, 0.5) is 40.7 Å². The number of hydrogen-bond acceptors (Lipinski definition) is 32. The SMILES string of the molecule is O=C1CC(=O)/C(=C/c2ccnc(C[C@H]3CCCN(CC4CCCNC4)C3)n2)S1.O=C1CC(=O)/C(=C/c2ccnc(N3CCC(CNc4ccc(N5CCOCC5)cc4)CC3)n2)S1.O=C1CC(=O)/C(=C/c2ccnc(N3CCC(CNc4ccccn4)CC3)n2)S1.O=C1CC(=O)/C(=C/c2ccnc(N3CCC(CNc4cccnc4)CC3)n2)S1. The second-order valence-electron chi connectivity index (χ2n) is 30.8. The third kappa shape index (κ3) is 25.3. The highest BCUT2D eigenvalue weighted by Gasteiger charge is 2.32. The molecule has 1 unspecified atom stereocenters. The number of morpholine rings is 1. The molecule has 10 aliphatic heterocycles. The first-order valence-corrected chi connectivity index (χ1v) is 44.2. The number of anilines is 7. The Morgan fingerprint density at radius 1 is 0.415 bits per heavy atom. The van der Waals surface area contributed by atoms with Gasteiger partial charge in [0.1, 0.15) is 11.6 Å². The quantitative estimate of drug-likeness (QED) is 0.0383. The van der Waals surface area contributed by atoms with E-state index in [0.29, 0.717) is 78.2 Å². The highest BCUT2D eigenvalue weighted by molar-refractivity contribution is 8.19. The second-order valence-corrected chi connectivity index (χ2v) is 35.2. The van der Waals surface area contributed by atoms with Crippen molar-refractivity contribution in [3.63, 3.8) is 0 Å². The summed E-state index contributed by atoms with van der Waals surface area (Å²) in [5.74, 6) is 6.43. The highest BCUT2D eigenvalue weighted by Crippen LogP contribution is 2.36. The number of benzene rings is 1. The predicted octanol–water partition coefficient (Wildman–Crippen LogP) is 11.1. The van der Waals surface area contributed by atoms with Gasteiger partial charge in [0.05, 0.1) is 87.0 Å². The van der Waals surface area contributed by atoms with E-state index in [2.05, 4.69) is 120 Å². The van der Waals surface area contributed by atoms with Crippen molar-refractivity contribution < 1.29 is 43.1 Å². The summed E-state index contributed by atoms with van der Waals surface area (Å²) in [6.45, 7) is 17.5. The van der Waals surface area contributed by atoms with E-state index in [-0.39, 0.29) is 69.3 Å². The van der Waals surface area contributed by atoms with Crippen LogP contribution in [0.1, 0.15) is 118 Å². The molecule has 1 aromatic carbocycles. The molecule has 2 atom stereocenters. The van der Waals surface area contributed by atoms with E-state index in [0.717, 1.165) is 225 Å². The summed E-state index contributed by atoms with van der Waals surface area (Å²) < 4.78 is 5.43. The molecule has 0 bridgehead atoms. The summed E-state index contributed by atoms with van der Waals surface area (Å²) in [5.41, 5.74) is 6.16. The molecule has 616 valence electrons. The van der Waals surface area contributed by atoms with Gasteiger partial charge in [-0.2, -0.15) is 0 Å². The van der Waals surface area contributed by atoms with Crippen molar-refractivity contribution in [1.82, 2.24) is 60.1 Å². The van der Waals surface area contributed by atoms with Crippen LogP contribution in [0.25, 0.3) is 24.3 Å². The zero-order valence-electron chi connectivity index (χ0n) is 66.1. The molecule has 10 aliphatic rings. The number of Topliss-reactive ketones (excluding diaryl/α,β-unsaturated/α-hetero) is 4. The van der Waals surface area contributed by atoms with Crippen molar-refractivity contribution in [2.75, 3.05) is 153 Å². The van der Waals surface area contributed by atoms with Crippen molar-refractivity contribution in [2.24, 2.45) is 29.6 Å². The van der Waals surface area contributed by atoms with Crippen LogP contribution < -0.4 is 40.9 Å². The van der Waals surface area contributed by atoms with Crippen molar-refractivity contribution in [1.29, 1.82) is 0 Å². The van der Waals surface area contributed by atoms with E-state index < -0.39 is 0 Å². The van der Waals surface area contributed by atoms with Crippen molar-refractivity contribution in [2.45, 2.75) is 96.3 Å². The fraction of sp³-hybridized carbons (Fsp3) is 0.442. The minimum Gasteiger partial charge on any atom is -0.385 e. The van der Waals surface area contributed by atoms with Gasteiger partial charge in [-0.1, -0.05) is 6.07 Å². The Bertz CT molecular complexity index is 4650. The first kappa shape index (κ1) is 84.5. The monoisotopic (exact) mass is 1670 g/mol. The van der Waals surface area contributed by atoms with E-state index in [9.17, 15) is 38.4 Å². The number of rotatable bonds is 21. The average molecular weight is 1670 g/mol. The Morgan fingerprint density at radius 2 is 0.881 bits per heavy atom. The van der Waals surface area contributed by atoms with Gasteiger partial charge in [0.2, 0.25) is 38.3 Å². The van der Waals surface area contributed by atoms with Crippen LogP contribution in [-0.2, 0) is 49.5 Å². The number of ether oxygens (including phenoxy) is 1. The van der Waals surface area contributed by atoms with Gasteiger partial charge in [0.25, 0.3) is 0 Å². The maximum atomic E-state index is 11.9. The Labute approximate surface area is 704 Å². The van der Waals surface area contributed by atoms with Crippen LogP contribution in [0, 0.1) is 29.6 Å². The molecular formula is C86H99N19O9S4. The number of allylic oxidation sites excluding steroid dienone is 4. The Balaban J connectivity index is 0.000000130. The van der Waals surface area contributed by atoms with Gasteiger partial charge in [0.15, 0.2) is 23.1 Å². The lowest BCUT2D eigenvalue weighted by molar-refractivity contribution is -0.120. The van der Waals surface area contributed by atoms with Gasteiger partial charge in [-0.3, -0.25) is 43.3 Å². The lowest BCUT2D eigenvalue weighted by atomic mass is 9.92. The number of nitrogens with zero attached hydrogens (tertiary/aromatic N) is 15. The molecular weight excluding hydrogens is 1570 g/mol. The first-order valence-electron chi connectivity index (χ1n) is 40.9. The van der Waals surface area contributed by atoms with E-state index in [4.69, 9.17) is 4.74 Å². The molecule has 28 nitrogen and oxygen atoms in total. The predicted molar refractivity (Wildman–Crippen MR) is 466 cm³/mol. The third-order valence-electron chi connectivity index (χ3n) is 22.1. The summed E-state index contributed by atoms with van der Waals surface area (Å²) in [4.78, 5) is 151. The van der Waals surface area contributed by atoms with Gasteiger partial charge in [-0.05, 0) is 258 Å². The minimum absolute atomic E-state index is 0.00284. The molecule has 7 aromatic rings. The van der Waals surface area contributed by atoms with Gasteiger partial charge in [-0.15, -0.1) is 0 Å². The normalized spacial score (nSPS) is 21.9. The molecule has 17 rings (SSSR count). The highest BCUT2D eigenvalue weighted by atomic mass is 32.2. The lowest BCUT2D eigenvalue weighted by Crippen LogP contribution is -2.43. The van der Waals surface area contributed by atoms with Crippen LogP contribution in [0.5, 0.6) is 0 Å². The van der Waals surface area contributed by atoms with Crippen LogP contribution in [-0.4, -0.2) is 216 Å². The Morgan fingerprint density at radius 3 is 1.32 bits per heavy atom. The van der Waals surface area contributed by atoms with Gasteiger partial charge in [-0.25, -0.2) is 44.9 Å². The summed E-state index contributed by atoms with van der Waals surface area (Å²) in [5, 5.41) is 13.6. The number of likely N-dealkylation sites (tertiary alicyclic amines) is 1.